The number of pyridine rings is 1. The molecule has 0 aliphatic heterocycles. The fourth-order valence-electron chi connectivity index (χ4n) is 2.10. The van der Waals surface area contributed by atoms with Gasteiger partial charge < -0.3 is 0 Å². The third kappa shape index (κ3) is 2.60. The van der Waals surface area contributed by atoms with Crippen LogP contribution in [0.1, 0.15) is 16.8 Å². The minimum atomic E-state index is -0.386. The number of nitrogens with zero attached hydrogens (tertiary/aromatic N) is 3. The number of benzene rings is 1. The van der Waals surface area contributed by atoms with E-state index in [0.717, 1.165) is 0 Å². The molecule has 0 aliphatic rings. The molecule has 1 aromatic carbocycles. The number of halogens is 1. The molecule has 0 radical (unpaired) electrons. The molecule has 6 heteroatoms. The largest absolute Gasteiger partial charge is 0.350 e. The Labute approximate surface area is 119 Å². The molecule has 0 atom stereocenters. The lowest BCUT2D eigenvalue weighted by Gasteiger charge is -2.00. The Kier molecular flexibility index (Phi) is 3.35. The molecule has 0 aliphatic carbocycles. The van der Waals surface area contributed by atoms with Crippen molar-refractivity contribution in [2.75, 3.05) is 0 Å². The molecule has 2 aromatic heterocycles. The summed E-state index contributed by atoms with van der Waals surface area (Å²) >= 11 is 0. The van der Waals surface area contributed by atoms with Crippen molar-refractivity contribution in [3.05, 3.63) is 70.5 Å². The van der Waals surface area contributed by atoms with Gasteiger partial charge in [0, 0.05) is 18.2 Å². The highest BCUT2D eigenvalue weighted by Gasteiger charge is 2.10. The summed E-state index contributed by atoms with van der Waals surface area (Å²) in [6.07, 6.45) is 1.76. The van der Waals surface area contributed by atoms with Gasteiger partial charge in [-0.1, -0.05) is 6.07 Å². The van der Waals surface area contributed by atoms with Gasteiger partial charge in [0.2, 0.25) is 0 Å². The van der Waals surface area contributed by atoms with E-state index in [4.69, 9.17) is 0 Å². The molecule has 5 nitrogen and oxygen atoms in total. The van der Waals surface area contributed by atoms with Crippen molar-refractivity contribution in [3.63, 3.8) is 0 Å². The third-order valence-corrected chi connectivity index (χ3v) is 3.21. The van der Waals surface area contributed by atoms with Gasteiger partial charge >= 0.3 is 5.69 Å². The number of Topliss-reactive ketones (excluding diaryl/α,β-unsaturated/α-hetero) is 1. The average molecular weight is 285 g/mol. The lowest BCUT2D eigenvalue weighted by Crippen LogP contribution is -2.22. The number of hydrogen-bond acceptors (Lipinski definition) is 3. The first kappa shape index (κ1) is 13.2. The topological polar surface area (TPSA) is 56.4 Å². The van der Waals surface area contributed by atoms with E-state index in [9.17, 15) is 14.0 Å². The molecule has 2 heterocycles. The number of aryl methyl sites for hydroxylation is 1. The fourth-order valence-corrected chi connectivity index (χ4v) is 2.10. The second-order valence-corrected chi connectivity index (χ2v) is 4.61. The summed E-state index contributed by atoms with van der Waals surface area (Å²) < 4.78 is 15.5. The Morgan fingerprint density at radius 2 is 1.90 bits per heavy atom. The van der Waals surface area contributed by atoms with Gasteiger partial charge in [0.05, 0.1) is 6.54 Å². The third-order valence-electron chi connectivity index (χ3n) is 3.21. The Morgan fingerprint density at radius 3 is 2.62 bits per heavy atom. The highest BCUT2D eigenvalue weighted by molar-refractivity contribution is 5.95. The zero-order valence-electron chi connectivity index (χ0n) is 11.1. The van der Waals surface area contributed by atoms with Crippen LogP contribution in [0.3, 0.4) is 0 Å². The highest BCUT2D eigenvalue weighted by Crippen LogP contribution is 2.06. The van der Waals surface area contributed by atoms with Crippen molar-refractivity contribution in [3.8, 4) is 0 Å². The van der Waals surface area contributed by atoms with Crippen LogP contribution in [0.2, 0.25) is 0 Å². The molecule has 106 valence electrons. The first-order valence-electron chi connectivity index (χ1n) is 6.48. The van der Waals surface area contributed by atoms with Crippen LogP contribution in [-0.4, -0.2) is 20.0 Å². The quantitative estimate of drug-likeness (QED) is 0.688. The molecular formula is C15H12FN3O2. The van der Waals surface area contributed by atoms with Crippen molar-refractivity contribution < 1.29 is 9.18 Å². The Morgan fingerprint density at radius 1 is 1.14 bits per heavy atom. The predicted octanol–water partition coefficient (Wildman–Crippen LogP) is 1.91. The maximum atomic E-state index is 12.8. The molecule has 21 heavy (non-hydrogen) atoms. The first-order chi connectivity index (χ1) is 10.1. The zero-order chi connectivity index (χ0) is 14.8. The predicted molar refractivity (Wildman–Crippen MR) is 74.8 cm³/mol. The average Bonchev–Trinajstić information content (AvgIpc) is 2.82. The normalized spacial score (nSPS) is 10.9. The van der Waals surface area contributed by atoms with Gasteiger partial charge in [-0.05, 0) is 36.4 Å². The van der Waals surface area contributed by atoms with Gasteiger partial charge in [-0.15, -0.1) is 5.10 Å². The molecular weight excluding hydrogens is 273 g/mol. The van der Waals surface area contributed by atoms with Gasteiger partial charge in [0.1, 0.15) is 5.82 Å². The first-order valence-corrected chi connectivity index (χ1v) is 6.48. The molecule has 0 saturated carbocycles. The minimum absolute atomic E-state index is 0.134. The maximum absolute atomic E-state index is 12.8. The second kappa shape index (κ2) is 5.32. The van der Waals surface area contributed by atoms with E-state index in [1.54, 1.807) is 24.4 Å². The molecule has 0 bridgehead atoms. The summed E-state index contributed by atoms with van der Waals surface area (Å²) in [7, 11) is 0. The van der Waals surface area contributed by atoms with Crippen LogP contribution in [0.4, 0.5) is 4.39 Å². The molecule has 0 saturated heterocycles. The summed E-state index contributed by atoms with van der Waals surface area (Å²) in [6, 6.07) is 10.6. The zero-order valence-corrected chi connectivity index (χ0v) is 11.1. The molecule has 0 fully saturated rings. The van der Waals surface area contributed by atoms with Gasteiger partial charge in [0.25, 0.3) is 0 Å². The summed E-state index contributed by atoms with van der Waals surface area (Å²) in [5.41, 5.74) is 0.683. The van der Waals surface area contributed by atoms with E-state index in [-0.39, 0.29) is 30.3 Å². The van der Waals surface area contributed by atoms with Crippen LogP contribution in [0.15, 0.2) is 53.5 Å². The Bertz CT molecular complexity index is 849. The van der Waals surface area contributed by atoms with Crippen LogP contribution in [-0.2, 0) is 6.54 Å². The molecule has 3 aromatic rings. The number of fused-ring (bicyclic) bond motifs is 1. The van der Waals surface area contributed by atoms with E-state index in [2.05, 4.69) is 5.10 Å². The molecule has 0 amide bonds. The van der Waals surface area contributed by atoms with Crippen molar-refractivity contribution in [1.82, 2.24) is 14.2 Å². The van der Waals surface area contributed by atoms with E-state index in [0.29, 0.717) is 11.2 Å². The van der Waals surface area contributed by atoms with Gasteiger partial charge in [-0.25, -0.2) is 13.9 Å². The smallest absolute Gasteiger partial charge is 0.294 e. The van der Waals surface area contributed by atoms with Gasteiger partial charge in [-0.2, -0.15) is 0 Å². The number of carbonyl (C=O) groups excluding carboxylic acids is 1. The molecule has 3 rings (SSSR count). The van der Waals surface area contributed by atoms with E-state index >= 15 is 0 Å². The second-order valence-electron chi connectivity index (χ2n) is 4.61. The SMILES string of the molecule is O=C(CCn1nc2ccccn2c1=O)c1ccc(F)cc1. The van der Waals surface area contributed by atoms with Crippen LogP contribution < -0.4 is 5.69 Å². The summed E-state index contributed by atoms with van der Waals surface area (Å²) in [6.45, 7) is 0.191. The molecule has 0 N–H and O–H groups in total. The fraction of sp³-hybridized carbons (Fsp3) is 0.133. The van der Waals surface area contributed by atoms with Crippen molar-refractivity contribution in [1.29, 1.82) is 0 Å². The van der Waals surface area contributed by atoms with E-state index in [1.807, 2.05) is 0 Å². The van der Waals surface area contributed by atoms with Crippen LogP contribution >= 0.6 is 0 Å². The number of ketones is 1. The Balaban J connectivity index is 1.77. The van der Waals surface area contributed by atoms with Gasteiger partial charge in [-0.3, -0.25) is 9.20 Å². The molecule has 0 unspecified atom stereocenters. The maximum Gasteiger partial charge on any atom is 0.350 e. The number of hydrogen-bond donors (Lipinski definition) is 0. The standard InChI is InChI=1S/C15H12FN3O2/c16-12-6-4-11(5-7-12)13(20)8-10-19-15(21)18-9-2-1-3-14(18)17-19/h1-7,9H,8,10H2. The van der Waals surface area contributed by atoms with E-state index < -0.39 is 0 Å². The lowest BCUT2D eigenvalue weighted by molar-refractivity contribution is 0.0975. The van der Waals surface area contributed by atoms with Crippen LogP contribution in [0.25, 0.3) is 5.65 Å². The van der Waals surface area contributed by atoms with Crippen molar-refractivity contribution in [2.45, 2.75) is 13.0 Å². The summed E-state index contributed by atoms with van der Waals surface area (Å²) in [4.78, 5) is 24.0. The van der Waals surface area contributed by atoms with Crippen LogP contribution in [0.5, 0.6) is 0 Å². The highest BCUT2D eigenvalue weighted by atomic mass is 19.1. The van der Waals surface area contributed by atoms with Gasteiger partial charge in [0.15, 0.2) is 11.4 Å². The van der Waals surface area contributed by atoms with Crippen LogP contribution in [0, 0.1) is 5.82 Å². The number of carbonyl (C=O) groups is 1. The monoisotopic (exact) mass is 285 g/mol. The summed E-state index contributed by atoms with van der Waals surface area (Å²) in [5.74, 6) is -0.540. The van der Waals surface area contributed by atoms with Crippen molar-refractivity contribution >= 4 is 11.4 Å². The molecule has 0 spiro atoms. The Hall–Kier alpha value is -2.76. The number of rotatable bonds is 4. The number of aromatic nitrogens is 3. The van der Waals surface area contributed by atoms with E-state index in [1.165, 1.54) is 33.3 Å². The lowest BCUT2D eigenvalue weighted by atomic mass is 10.1. The minimum Gasteiger partial charge on any atom is -0.294 e. The summed E-state index contributed by atoms with van der Waals surface area (Å²) in [5, 5.41) is 4.15. The van der Waals surface area contributed by atoms with Crippen molar-refractivity contribution in [2.24, 2.45) is 0 Å².